The van der Waals surface area contributed by atoms with Crippen molar-refractivity contribution < 1.29 is 22.7 Å². The van der Waals surface area contributed by atoms with Crippen molar-refractivity contribution in [2.45, 2.75) is 56.7 Å². The Balaban J connectivity index is 1.24. The zero-order valence-electron chi connectivity index (χ0n) is 21.1. The van der Waals surface area contributed by atoms with Crippen molar-refractivity contribution >= 4 is 22.8 Å². The van der Waals surface area contributed by atoms with Crippen LogP contribution < -0.4 is 9.64 Å². The van der Waals surface area contributed by atoms with Crippen molar-refractivity contribution in [3.8, 4) is 12.1 Å². The van der Waals surface area contributed by atoms with Crippen LogP contribution >= 0.6 is 0 Å². The third-order valence-corrected chi connectivity index (χ3v) is 7.94. The van der Waals surface area contributed by atoms with Crippen LogP contribution in [0.1, 0.15) is 60.6 Å². The number of carbonyl (C=O) groups is 1. The number of rotatable bonds is 6. The van der Waals surface area contributed by atoms with Gasteiger partial charge in [0.25, 0.3) is 5.91 Å². The topological polar surface area (TPSA) is 124 Å². The van der Waals surface area contributed by atoms with E-state index in [2.05, 4.69) is 31.2 Å². The van der Waals surface area contributed by atoms with Crippen molar-refractivity contribution in [2.24, 2.45) is 5.41 Å². The number of fused-ring (bicyclic) bond motifs is 1. The van der Waals surface area contributed by atoms with E-state index in [1.807, 2.05) is 17.0 Å². The number of aromatic nitrogens is 5. The lowest BCUT2D eigenvalue weighted by molar-refractivity contribution is -0.169. The number of halogens is 3. The van der Waals surface area contributed by atoms with Crippen LogP contribution in [0, 0.1) is 16.7 Å². The third-order valence-electron chi connectivity index (χ3n) is 7.94. The second kappa shape index (κ2) is 9.66. The molecule has 0 aromatic carbocycles. The van der Waals surface area contributed by atoms with Crippen LogP contribution in [0.2, 0.25) is 0 Å². The number of hydrogen-bond donors (Lipinski definition) is 1. The summed E-state index contributed by atoms with van der Waals surface area (Å²) in [4.78, 5) is 29.1. The second-order valence-electron chi connectivity index (χ2n) is 10.5. The van der Waals surface area contributed by atoms with Crippen LogP contribution in [0.15, 0.2) is 24.4 Å². The summed E-state index contributed by atoms with van der Waals surface area (Å²) in [7, 11) is 0. The summed E-state index contributed by atoms with van der Waals surface area (Å²) in [6.45, 7) is 1.27. The van der Waals surface area contributed by atoms with E-state index in [1.54, 1.807) is 6.20 Å². The van der Waals surface area contributed by atoms with E-state index >= 15 is 0 Å². The van der Waals surface area contributed by atoms with E-state index in [4.69, 9.17) is 4.74 Å². The molecule has 3 aromatic rings. The standard InChI is InChI=1S/C26H27F3N8O2/c27-26(28,29)19-4-2-10-37(19)23(38)18-13-20(33-24(32-18)39-15-25(14-30)7-8-25)36-11-5-16(6-12-36)21-17-3-1-9-31-22(17)35-34-21/h1,3,9,13,16,19H,2,4-8,10-12,15H2,(H,31,34,35). The molecule has 0 spiro atoms. The van der Waals surface area contributed by atoms with Crippen molar-refractivity contribution in [1.29, 1.82) is 5.26 Å². The number of nitriles is 1. The van der Waals surface area contributed by atoms with Crippen LogP contribution in [-0.2, 0) is 0 Å². The number of hydrogen-bond acceptors (Lipinski definition) is 8. The summed E-state index contributed by atoms with van der Waals surface area (Å²) in [6.07, 6.45) is 0.249. The molecule has 3 aliphatic rings. The molecule has 204 valence electrons. The molecule has 3 aromatic heterocycles. The van der Waals surface area contributed by atoms with E-state index in [9.17, 15) is 23.2 Å². The minimum atomic E-state index is -4.51. The highest BCUT2D eigenvalue weighted by Gasteiger charge is 2.48. The zero-order chi connectivity index (χ0) is 27.2. The SMILES string of the molecule is N#CC1(COc2nc(C(=O)N3CCCC3C(F)(F)F)cc(N3CCC(c4n[nH]c5ncccc45)CC3)n2)CC1. The molecule has 5 heterocycles. The van der Waals surface area contributed by atoms with Crippen LogP contribution in [0.5, 0.6) is 6.01 Å². The number of anilines is 1. The van der Waals surface area contributed by atoms with Crippen LogP contribution in [0.25, 0.3) is 11.0 Å². The van der Waals surface area contributed by atoms with Gasteiger partial charge in [-0.2, -0.15) is 33.5 Å². The molecule has 1 aliphatic carbocycles. The minimum Gasteiger partial charge on any atom is -0.462 e. The summed E-state index contributed by atoms with van der Waals surface area (Å²) in [5.74, 6) is -0.185. The van der Waals surface area contributed by atoms with E-state index < -0.39 is 23.5 Å². The number of aromatic amines is 1. The number of alkyl halides is 3. The quantitative estimate of drug-likeness (QED) is 0.498. The normalized spacial score (nSPS) is 21.2. The predicted molar refractivity (Wildman–Crippen MR) is 133 cm³/mol. The highest BCUT2D eigenvalue weighted by Crippen LogP contribution is 2.45. The van der Waals surface area contributed by atoms with Crippen LogP contribution in [-0.4, -0.2) is 74.4 Å². The Bertz CT molecular complexity index is 1420. The maximum absolute atomic E-state index is 13.6. The van der Waals surface area contributed by atoms with Gasteiger partial charge in [-0.05, 0) is 50.7 Å². The average Bonchev–Trinajstić information content (AvgIpc) is 3.33. The predicted octanol–water partition coefficient (Wildman–Crippen LogP) is 3.98. The molecular weight excluding hydrogens is 513 g/mol. The third kappa shape index (κ3) is 4.95. The van der Waals surface area contributed by atoms with Gasteiger partial charge in [0, 0.05) is 43.2 Å². The number of pyridine rings is 1. The van der Waals surface area contributed by atoms with Gasteiger partial charge in [-0.3, -0.25) is 9.89 Å². The number of ether oxygens (including phenoxy) is 1. The molecule has 2 aliphatic heterocycles. The fourth-order valence-corrected chi connectivity index (χ4v) is 5.46. The molecule has 10 nitrogen and oxygen atoms in total. The molecule has 0 radical (unpaired) electrons. The van der Waals surface area contributed by atoms with Gasteiger partial charge in [-0.25, -0.2) is 4.98 Å². The fraction of sp³-hybridized carbons (Fsp3) is 0.538. The van der Waals surface area contributed by atoms with Crippen LogP contribution in [0.4, 0.5) is 19.0 Å². The molecule has 1 unspecified atom stereocenters. The van der Waals surface area contributed by atoms with E-state index in [0.717, 1.165) is 34.5 Å². The van der Waals surface area contributed by atoms with Gasteiger partial charge >= 0.3 is 12.2 Å². The maximum atomic E-state index is 13.6. The smallest absolute Gasteiger partial charge is 0.408 e. The number of piperidine rings is 1. The lowest BCUT2D eigenvalue weighted by Crippen LogP contribution is -2.45. The Morgan fingerprint density at radius 1 is 1.21 bits per heavy atom. The molecule has 39 heavy (non-hydrogen) atoms. The first-order chi connectivity index (χ1) is 18.8. The van der Waals surface area contributed by atoms with E-state index in [-0.39, 0.29) is 43.6 Å². The number of H-pyrrole nitrogens is 1. The molecule has 1 saturated carbocycles. The van der Waals surface area contributed by atoms with Crippen molar-refractivity contribution in [3.05, 3.63) is 35.8 Å². The lowest BCUT2D eigenvalue weighted by atomic mass is 9.92. The van der Waals surface area contributed by atoms with Crippen molar-refractivity contribution in [1.82, 2.24) is 30.0 Å². The number of carbonyl (C=O) groups excluding carboxylic acids is 1. The molecule has 3 fully saturated rings. The molecule has 6 rings (SSSR count). The first kappa shape index (κ1) is 25.3. The Morgan fingerprint density at radius 3 is 2.72 bits per heavy atom. The van der Waals surface area contributed by atoms with E-state index in [0.29, 0.717) is 31.7 Å². The van der Waals surface area contributed by atoms with Gasteiger partial charge in [-0.15, -0.1) is 0 Å². The first-order valence-corrected chi connectivity index (χ1v) is 13.1. The Hall–Kier alpha value is -3.95. The van der Waals surface area contributed by atoms with Gasteiger partial charge < -0.3 is 14.5 Å². The van der Waals surface area contributed by atoms with Crippen molar-refractivity contribution in [2.75, 3.05) is 31.1 Å². The van der Waals surface area contributed by atoms with Gasteiger partial charge in [0.2, 0.25) is 0 Å². The van der Waals surface area contributed by atoms with Crippen LogP contribution in [0.3, 0.4) is 0 Å². The number of nitrogens with one attached hydrogen (secondary N) is 1. The van der Waals surface area contributed by atoms with Gasteiger partial charge in [-0.1, -0.05) is 0 Å². The lowest BCUT2D eigenvalue weighted by Gasteiger charge is -2.32. The fourth-order valence-electron chi connectivity index (χ4n) is 5.46. The Kier molecular flexibility index (Phi) is 6.28. The maximum Gasteiger partial charge on any atom is 0.408 e. The Labute approximate surface area is 222 Å². The largest absolute Gasteiger partial charge is 0.462 e. The highest BCUT2D eigenvalue weighted by atomic mass is 19.4. The average molecular weight is 541 g/mol. The molecule has 1 N–H and O–H groups in total. The second-order valence-corrected chi connectivity index (χ2v) is 10.5. The Morgan fingerprint density at radius 2 is 2.00 bits per heavy atom. The van der Waals surface area contributed by atoms with Gasteiger partial charge in [0.1, 0.15) is 24.2 Å². The molecule has 0 bridgehead atoms. The first-order valence-electron chi connectivity index (χ1n) is 13.1. The molecule has 1 amide bonds. The number of amides is 1. The van der Waals surface area contributed by atoms with Gasteiger partial charge in [0.05, 0.1) is 17.2 Å². The number of nitrogens with zero attached hydrogens (tertiary/aromatic N) is 7. The highest BCUT2D eigenvalue weighted by molar-refractivity contribution is 5.93. The molecular formula is C26H27F3N8O2. The molecule has 1 atom stereocenters. The van der Waals surface area contributed by atoms with Crippen molar-refractivity contribution in [3.63, 3.8) is 0 Å². The molecule has 13 heteroatoms. The number of likely N-dealkylation sites (tertiary alicyclic amines) is 1. The zero-order valence-corrected chi connectivity index (χ0v) is 21.1. The van der Waals surface area contributed by atoms with Gasteiger partial charge in [0.15, 0.2) is 5.65 Å². The summed E-state index contributed by atoms with van der Waals surface area (Å²) >= 11 is 0. The monoisotopic (exact) mass is 540 g/mol. The summed E-state index contributed by atoms with van der Waals surface area (Å²) in [5.41, 5.74) is 0.957. The summed E-state index contributed by atoms with van der Waals surface area (Å²) < 4.78 is 46.5. The summed E-state index contributed by atoms with van der Waals surface area (Å²) in [6, 6.07) is 5.60. The molecule has 2 saturated heterocycles. The van der Waals surface area contributed by atoms with E-state index in [1.165, 1.54) is 6.07 Å². The minimum absolute atomic E-state index is 0.00789. The summed E-state index contributed by atoms with van der Waals surface area (Å²) in [5, 5.41) is 17.8.